The number of hydrogen-bond acceptors (Lipinski definition) is 6. The third-order valence-corrected chi connectivity index (χ3v) is 6.30. The molecule has 1 aliphatic heterocycles. The fourth-order valence-corrected chi connectivity index (χ4v) is 4.21. The van der Waals surface area contributed by atoms with Crippen LogP contribution in [0.25, 0.3) is 0 Å². The molecule has 1 aliphatic rings. The zero-order chi connectivity index (χ0) is 23.4. The van der Waals surface area contributed by atoms with Gasteiger partial charge in [0, 0.05) is 29.5 Å². The number of aromatic nitrogens is 2. The lowest BCUT2D eigenvalue weighted by Crippen LogP contribution is -2.27. The lowest BCUT2D eigenvalue weighted by molar-refractivity contribution is -0.117. The number of hydrogen-bond donors (Lipinski definition) is 1. The molecule has 0 unspecified atom stereocenters. The molecule has 3 aromatic rings. The first kappa shape index (κ1) is 23.0. The SMILES string of the molecule is CCCSc1nc(NCc2ccc(OC)cc2)c2c(n1)N(Cc1ccc(F)cc1F)C(=O)C2. The van der Waals surface area contributed by atoms with E-state index in [1.165, 1.54) is 28.8 Å². The zero-order valence-corrected chi connectivity index (χ0v) is 19.2. The molecule has 0 bridgehead atoms. The highest BCUT2D eigenvalue weighted by atomic mass is 32.2. The Balaban J connectivity index is 1.63. The second-order valence-electron chi connectivity index (χ2n) is 7.60. The van der Waals surface area contributed by atoms with Gasteiger partial charge in [-0.15, -0.1) is 0 Å². The Labute approximate surface area is 195 Å². The van der Waals surface area contributed by atoms with E-state index in [9.17, 15) is 13.6 Å². The summed E-state index contributed by atoms with van der Waals surface area (Å²) in [5.41, 5.74) is 1.93. The number of nitrogens with zero attached hydrogens (tertiary/aromatic N) is 3. The summed E-state index contributed by atoms with van der Waals surface area (Å²) in [6, 6.07) is 11.0. The van der Waals surface area contributed by atoms with Crippen LogP contribution in [0.15, 0.2) is 47.6 Å². The van der Waals surface area contributed by atoms with Crippen LogP contribution in [0, 0.1) is 11.6 Å². The first-order valence-corrected chi connectivity index (χ1v) is 11.6. The van der Waals surface area contributed by atoms with Crippen LogP contribution >= 0.6 is 11.8 Å². The number of amides is 1. The van der Waals surface area contributed by atoms with Gasteiger partial charge in [-0.2, -0.15) is 0 Å². The van der Waals surface area contributed by atoms with E-state index in [4.69, 9.17) is 4.74 Å². The number of thioether (sulfide) groups is 1. The highest BCUT2D eigenvalue weighted by Crippen LogP contribution is 2.35. The van der Waals surface area contributed by atoms with Crippen molar-refractivity contribution in [3.05, 3.63) is 70.8 Å². The monoisotopic (exact) mass is 470 g/mol. The smallest absolute Gasteiger partial charge is 0.233 e. The van der Waals surface area contributed by atoms with Gasteiger partial charge in [-0.05, 0) is 30.2 Å². The van der Waals surface area contributed by atoms with Crippen molar-refractivity contribution in [2.75, 3.05) is 23.1 Å². The number of rotatable bonds is 9. The van der Waals surface area contributed by atoms with Crippen LogP contribution in [0.4, 0.5) is 20.4 Å². The Morgan fingerprint density at radius 2 is 1.94 bits per heavy atom. The van der Waals surface area contributed by atoms with Crippen molar-refractivity contribution >= 4 is 29.3 Å². The van der Waals surface area contributed by atoms with Crippen molar-refractivity contribution in [3.63, 3.8) is 0 Å². The number of halogens is 2. The molecule has 6 nitrogen and oxygen atoms in total. The van der Waals surface area contributed by atoms with Crippen LogP contribution < -0.4 is 15.0 Å². The topological polar surface area (TPSA) is 67.4 Å². The number of carbonyl (C=O) groups is 1. The average molecular weight is 471 g/mol. The predicted molar refractivity (Wildman–Crippen MR) is 125 cm³/mol. The molecule has 9 heteroatoms. The van der Waals surface area contributed by atoms with E-state index in [1.54, 1.807) is 7.11 Å². The summed E-state index contributed by atoms with van der Waals surface area (Å²) in [4.78, 5) is 23.6. The van der Waals surface area contributed by atoms with E-state index in [0.29, 0.717) is 28.9 Å². The minimum Gasteiger partial charge on any atom is -0.497 e. The molecule has 2 aromatic carbocycles. The summed E-state index contributed by atoms with van der Waals surface area (Å²) >= 11 is 1.50. The van der Waals surface area contributed by atoms with Gasteiger partial charge in [0.05, 0.1) is 20.1 Å². The molecule has 0 fully saturated rings. The molecule has 2 heterocycles. The van der Waals surface area contributed by atoms with Gasteiger partial charge < -0.3 is 10.1 Å². The summed E-state index contributed by atoms with van der Waals surface area (Å²) in [5, 5.41) is 3.88. The molecule has 0 saturated carbocycles. The molecular formula is C24H24F2N4O2S. The molecule has 0 radical (unpaired) electrons. The van der Waals surface area contributed by atoms with E-state index >= 15 is 0 Å². The Morgan fingerprint density at radius 1 is 1.15 bits per heavy atom. The standard InChI is InChI=1S/C24H24F2N4O2S/c1-3-10-33-24-28-22(27-13-15-4-8-18(32-2)9-5-15)19-12-21(31)30(23(19)29-24)14-16-6-7-17(25)11-20(16)26/h4-9,11H,3,10,12-14H2,1-2H3,(H,27,28,29). The number of methoxy groups -OCH3 is 1. The Hall–Kier alpha value is -3.20. The molecule has 33 heavy (non-hydrogen) atoms. The Kier molecular flexibility index (Phi) is 7.08. The van der Waals surface area contributed by atoms with Crippen LogP contribution in [-0.2, 0) is 24.3 Å². The lowest BCUT2D eigenvalue weighted by Gasteiger charge is -2.18. The second kappa shape index (κ2) is 10.2. The van der Waals surface area contributed by atoms with E-state index in [0.717, 1.165) is 29.6 Å². The van der Waals surface area contributed by atoms with Gasteiger partial charge in [-0.25, -0.2) is 18.7 Å². The number of carbonyl (C=O) groups excluding carboxylic acids is 1. The number of nitrogens with one attached hydrogen (secondary N) is 1. The van der Waals surface area contributed by atoms with Crippen LogP contribution in [-0.4, -0.2) is 28.7 Å². The van der Waals surface area contributed by atoms with Crippen LogP contribution in [0.5, 0.6) is 5.75 Å². The van der Waals surface area contributed by atoms with E-state index in [1.807, 2.05) is 24.3 Å². The normalized spacial score (nSPS) is 12.7. The maximum atomic E-state index is 14.3. The van der Waals surface area contributed by atoms with Crippen molar-refractivity contribution in [2.45, 2.75) is 38.0 Å². The van der Waals surface area contributed by atoms with E-state index < -0.39 is 11.6 Å². The Bertz CT molecular complexity index is 1160. The maximum Gasteiger partial charge on any atom is 0.233 e. The summed E-state index contributed by atoms with van der Waals surface area (Å²) in [7, 11) is 1.62. The van der Waals surface area contributed by atoms with Crippen molar-refractivity contribution in [2.24, 2.45) is 0 Å². The molecule has 1 aromatic heterocycles. The molecule has 0 atom stereocenters. The zero-order valence-electron chi connectivity index (χ0n) is 18.4. The van der Waals surface area contributed by atoms with E-state index in [2.05, 4.69) is 22.2 Å². The second-order valence-corrected chi connectivity index (χ2v) is 8.66. The van der Waals surface area contributed by atoms with Gasteiger partial charge in [-0.1, -0.05) is 36.9 Å². The van der Waals surface area contributed by atoms with Gasteiger partial charge in [0.2, 0.25) is 5.91 Å². The van der Waals surface area contributed by atoms with Gasteiger partial charge in [0.1, 0.15) is 29.0 Å². The first-order valence-electron chi connectivity index (χ1n) is 10.6. The van der Waals surface area contributed by atoms with E-state index in [-0.39, 0.29) is 24.4 Å². The molecule has 0 aliphatic carbocycles. The molecular weight excluding hydrogens is 446 g/mol. The van der Waals surface area contributed by atoms with Crippen molar-refractivity contribution in [1.29, 1.82) is 0 Å². The van der Waals surface area contributed by atoms with Gasteiger partial charge in [0.15, 0.2) is 5.16 Å². The molecule has 172 valence electrons. The van der Waals surface area contributed by atoms with Crippen molar-refractivity contribution < 1.29 is 18.3 Å². The van der Waals surface area contributed by atoms with Gasteiger partial charge in [0.25, 0.3) is 0 Å². The summed E-state index contributed by atoms with van der Waals surface area (Å²) in [5.74, 6) is 1.11. The van der Waals surface area contributed by atoms with Gasteiger partial charge >= 0.3 is 0 Å². The fourth-order valence-electron chi connectivity index (χ4n) is 3.52. The van der Waals surface area contributed by atoms with Crippen LogP contribution in [0.1, 0.15) is 30.0 Å². The quantitative estimate of drug-likeness (QED) is 0.352. The van der Waals surface area contributed by atoms with Gasteiger partial charge in [-0.3, -0.25) is 9.69 Å². The van der Waals surface area contributed by atoms with Crippen molar-refractivity contribution in [3.8, 4) is 5.75 Å². The summed E-state index contributed by atoms with van der Waals surface area (Å²) < 4.78 is 32.8. The molecule has 1 amide bonds. The Morgan fingerprint density at radius 3 is 2.64 bits per heavy atom. The number of anilines is 2. The fraction of sp³-hybridized carbons (Fsp3) is 0.292. The van der Waals surface area contributed by atoms with Crippen LogP contribution in [0.2, 0.25) is 0 Å². The lowest BCUT2D eigenvalue weighted by atomic mass is 10.2. The van der Waals surface area contributed by atoms with Crippen LogP contribution in [0.3, 0.4) is 0 Å². The number of benzene rings is 2. The largest absolute Gasteiger partial charge is 0.497 e. The molecule has 0 saturated heterocycles. The van der Waals surface area contributed by atoms with Crippen molar-refractivity contribution in [1.82, 2.24) is 9.97 Å². The third-order valence-electron chi connectivity index (χ3n) is 5.25. The first-order chi connectivity index (χ1) is 16.0. The molecule has 0 spiro atoms. The molecule has 4 rings (SSSR count). The third kappa shape index (κ3) is 5.24. The highest BCUT2D eigenvalue weighted by Gasteiger charge is 2.33. The highest BCUT2D eigenvalue weighted by molar-refractivity contribution is 7.99. The maximum absolute atomic E-state index is 14.3. The summed E-state index contributed by atoms with van der Waals surface area (Å²) in [6.45, 7) is 2.55. The number of ether oxygens (including phenoxy) is 1. The molecule has 1 N–H and O–H groups in total. The number of fused-ring (bicyclic) bond motifs is 1. The minimum absolute atomic E-state index is 0.0231. The predicted octanol–water partition coefficient (Wildman–Crippen LogP) is 4.97. The average Bonchev–Trinajstić information content (AvgIpc) is 3.13. The summed E-state index contributed by atoms with van der Waals surface area (Å²) in [6.07, 6.45) is 1.06. The minimum atomic E-state index is -0.691.